The van der Waals surface area contributed by atoms with E-state index in [9.17, 15) is 5.11 Å². The van der Waals surface area contributed by atoms with Crippen molar-refractivity contribution in [1.29, 1.82) is 0 Å². The van der Waals surface area contributed by atoms with Crippen molar-refractivity contribution in [3.63, 3.8) is 0 Å². The molecule has 3 nitrogen and oxygen atoms in total. The van der Waals surface area contributed by atoms with Crippen LogP contribution in [0.4, 0.5) is 0 Å². The Morgan fingerprint density at radius 1 is 1.14 bits per heavy atom. The second-order valence-corrected chi connectivity index (χ2v) is 4.95. The Bertz CT molecular complexity index is 178. The predicted molar refractivity (Wildman–Crippen MR) is 57.3 cm³/mol. The molecule has 3 heteroatoms. The minimum Gasteiger partial charge on any atom is -0.392 e. The molecule has 2 aliphatic rings. The summed E-state index contributed by atoms with van der Waals surface area (Å²) in [6, 6.07) is 0. The summed E-state index contributed by atoms with van der Waals surface area (Å²) in [4.78, 5) is 4.84. The van der Waals surface area contributed by atoms with Gasteiger partial charge in [-0.25, -0.2) is 0 Å². The second kappa shape index (κ2) is 4.60. The van der Waals surface area contributed by atoms with E-state index in [0.29, 0.717) is 0 Å². The van der Waals surface area contributed by atoms with Gasteiger partial charge in [0.25, 0.3) is 0 Å². The van der Waals surface area contributed by atoms with E-state index in [4.69, 9.17) is 0 Å². The molecule has 1 N–H and O–H groups in total. The van der Waals surface area contributed by atoms with Crippen molar-refractivity contribution in [2.45, 2.75) is 25.4 Å². The van der Waals surface area contributed by atoms with Crippen LogP contribution in [0.15, 0.2) is 0 Å². The van der Waals surface area contributed by atoms with Gasteiger partial charge < -0.3 is 14.9 Å². The molecule has 2 saturated heterocycles. The van der Waals surface area contributed by atoms with Gasteiger partial charge in [0.2, 0.25) is 0 Å². The summed E-state index contributed by atoms with van der Waals surface area (Å²) in [5, 5.41) is 9.42. The summed E-state index contributed by atoms with van der Waals surface area (Å²) in [5.74, 6) is 0.872. The van der Waals surface area contributed by atoms with Gasteiger partial charge >= 0.3 is 0 Å². The molecule has 1 atom stereocenters. The smallest absolute Gasteiger partial charge is 0.0679 e. The summed E-state index contributed by atoms with van der Waals surface area (Å²) in [6.07, 6.45) is 3.60. The monoisotopic (exact) mass is 198 g/mol. The number of nitrogens with zero attached hydrogens (tertiary/aromatic N) is 2. The topological polar surface area (TPSA) is 26.7 Å². The zero-order chi connectivity index (χ0) is 9.97. The van der Waals surface area contributed by atoms with Crippen LogP contribution < -0.4 is 0 Å². The maximum absolute atomic E-state index is 9.42. The molecule has 2 rings (SSSR count). The van der Waals surface area contributed by atoms with Crippen LogP contribution >= 0.6 is 0 Å². The Morgan fingerprint density at radius 2 is 1.86 bits per heavy atom. The van der Waals surface area contributed by atoms with Crippen LogP contribution in [0.2, 0.25) is 0 Å². The Hall–Kier alpha value is -0.120. The number of rotatable bonds is 2. The third kappa shape index (κ3) is 2.69. The quantitative estimate of drug-likeness (QED) is 0.695. The van der Waals surface area contributed by atoms with Gasteiger partial charge in [0.1, 0.15) is 0 Å². The maximum atomic E-state index is 9.42. The fourth-order valence-electron chi connectivity index (χ4n) is 2.59. The van der Waals surface area contributed by atoms with E-state index in [0.717, 1.165) is 25.4 Å². The molecule has 2 heterocycles. The van der Waals surface area contributed by atoms with Crippen molar-refractivity contribution in [2.75, 3.05) is 39.8 Å². The molecular weight excluding hydrogens is 176 g/mol. The van der Waals surface area contributed by atoms with Gasteiger partial charge in [-0.05, 0) is 45.3 Å². The number of aliphatic hydroxyl groups excluding tert-OH is 1. The first-order valence-electron chi connectivity index (χ1n) is 5.83. The van der Waals surface area contributed by atoms with Gasteiger partial charge in [0.15, 0.2) is 0 Å². The average molecular weight is 198 g/mol. The number of hydrogen-bond donors (Lipinski definition) is 1. The molecule has 0 aromatic rings. The van der Waals surface area contributed by atoms with Gasteiger partial charge in [0, 0.05) is 19.6 Å². The molecule has 0 unspecified atom stereocenters. The highest BCUT2D eigenvalue weighted by Crippen LogP contribution is 2.19. The molecule has 0 amide bonds. The number of aliphatic hydroxyl groups is 1. The van der Waals surface area contributed by atoms with Crippen molar-refractivity contribution in [1.82, 2.24) is 9.80 Å². The normalized spacial score (nSPS) is 32.6. The summed E-state index contributed by atoms with van der Waals surface area (Å²) in [7, 11) is 2.20. The summed E-state index contributed by atoms with van der Waals surface area (Å²) >= 11 is 0. The van der Waals surface area contributed by atoms with Gasteiger partial charge in [0.05, 0.1) is 6.10 Å². The fraction of sp³-hybridized carbons (Fsp3) is 1.00. The largest absolute Gasteiger partial charge is 0.392 e. The summed E-state index contributed by atoms with van der Waals surface area (Å²) in [5.41, 5.74) is 0. The van der Waals surface area contributed by atoms with Crippen molar-refractivity contribution < 1.29 is 5.11 Å². The highest BCUT2D eigenvalue weighted by molar-refractivity contribution is 4.79. The maximum Gasteiger partial charge on any atom is 0.0679 e. The summed E-state index contributed by atoms with van der Waals surface area (Å²) < 4.78 is 0. The fourth-order valence-corrected chi connectivity index (χ4v) is 2.59. The van der Waals surface area contributed by atoms with Gasteiger partial charge in [-0.1, -0.05) is 0 Å². The lowest BCUT2D eigenvalue weighted by atomic mass is 9.97. The number of β-amino-alcohol motifs (C(OH)–C–C–N with tert-alkyl or cyclic N) is 1. The van der Waals surface area contributed by atoms with Crippen molar-refractivity contribution in [3.05, 3.63) is 0 Å². The van der Waals surface area contributed by atoms with E-state index in [2.05, 4.69) is 16.8 Å². The number of likely N-dealkylation sites (tertiary alicyclic amines) is 2. The van der Waals surface area contributed by atoms with Crippen LogP contribution in [0.25, 0.3) is 0 Å². The Kier molecular flexibility index (Phi) is 3.42. The highest BCUT2D eigenvalue weighted by atomic mass is 16.3. The predicted octanol–water partition coefficient (Wildman–Crippen LogP) is 0.395. The molecule has 82 valence electrons. The molecule has 2 fully saturated rings. The zero-order valence-electron chi connectivity index (χ0n) is 9.15. The van der Waals surface area contributed by atoms with Crippen molar-refractivity contribution in [2.24, 2.45) is 5.92 Å². The van der Waals surface area contributed by atoms with E-state index in [1.165, 1.54) is 32.5 Å². The lowest BCUT2D eigenvalue weighted by Crippen LogP contribution is -2.36. The first-order chi connectivity index (χ1) is 6.74. The first kappa shape index (κ1) is 10.4. The minimum atomic E-state index is -0.0544. The summed E-state index contributed by atoms with van der Waals surface area (Å²) in [6.45, 7) is 5.73. The number of hydrogen-bond acceptors (Lipinski definition) is 3. The van der Waals surface area contributed by atoms with Gasteiger partial charge in [-0.2, -0.15) is 0 Å². The third-order valence-electron chi connectivity index (χ3n) is 3.60. The highest BCUT2D eigenvalue weighted by Gasteiger charge is 2.24. The average Bonchev–Trinajstić information content (AvgIpc) is 2.56. The van der Waals surface area contributed by atoms with Crippen LogP contribution in [0, 0.1) is 5.92 Å². The van der Waals surface area contributed by atoms with E-state index >= 15 is 0 Å². The Labute approximate surface area is 86.7 Å². The molecule has 0 aliphatic carbocycles. The molecule has 0 saturated carbocycles. The van der Waals surface area contributed by atoms with Crippen molar-refractivity contribution >= 4 is 0 Å². The van der Waals surface area contributed by atoms with Gasteiger partial charge in [-0.3, -0.25) is 0 Å². The van der Waals surface area contributed by atoms with Crippen LogP contribution in [-0.4, -0.2) is 60.8 Å². The minimum absolute atomic E-state index is 0.0544. The molecule has 0 aromatic carbocycles. The lowest BCUT2D eigenvalue weighted by Gasteiger charge is -2.31. The van der Waals surface area contributed by atoms with E-state index in [1.54, 1.807) is 0 Å². The van der Waals surface area contributed by atoms with E-state index < -0.39 is 0 Å². The molecular formula is C11H22N2O. The van der Waals surface area contributed by atoms with Gasteiger partial charge in [-0.15, -0.1) is 0 Å². The molecule has 0 spiro atoms. The second-order valence-electron chi connectivity index (χ2n) is 4.95. The SMILES string of the molecule is CN1CCC(CN2CC[C@@H](O)C2)CC1. The molecule has 0 bridgehead atoms. The zero-order valence-corrected chi connectivity index (χ0v) is 9.15. The van der Waals surface area contributed by atoms with E-state index in [-0.39, 0.29) is 6.10 Å². The van der Waals surface area contributed by atoms with Crippen LogP contribution in [0.3, 0.4) is 0 Å². The van der Waals surface area contributed by atoms with Crippen LogP contribution in [0.5, 0.6) is 0 Å². The van der Waals surface area contributed by atoms with Crippen LogP contribution in [-0.2, 0) is 0 Å². The lowest BCUT2D eigenvalue weighted by molar-refractivity contribution is 0.149. The molecule has 14 heavy (non-hydrogen) atoms. The molecule has 0 radical (unpaired) electrons. The first-order valence-corrected chi connectivity index (χ1v) is 5.83. The van der Waals surface area contributed by atoms with Crippen LogP contribution in [0.1, 0.15) is 19.3 Å². The third-order valence-corrected chi connectivity index (χ3v) is 3.60. The van der Waals surface area contributed by atoms with Crippen molar-refractivity contribution in [3.8, 4) is 0 Å². The Morgan fingerprint density at radius 3 is 2.43 bits per heavy atom. The standard InChI is InChI=1S/C11H22N2O/c1-12-5-2-10(3-6-12)8-13-7-4-11(14)9-13/h10-11,14H,2-9H2,1H3/t11-/m1/s1. The number of piperidine rings is 1. The molecule has 2 aliphatic heterocycles. The van der Waals surface area contributed by atoms with E-state index in [1.807, 2.05) is 0 Å². The Balaban J connectivity index is 1.70. The molecule has 0 aromatic heterocycles.